The minimum Gasteiger partial charge on any atom is -0.381 e. The second-order valence-electron chi connectivity index (χ2n) is 2.66. The fourth-order valence-corrected chi connectivity index (χ4v) is 1.12. The van der Waals surface area contributed by atoms with E-state index in [0.29, 0.717) is 5.02 Å². The maximum absolute atomic E-state index is 8.65. The van der Waals surface area contributed by atoms with Gasteiger partial charge >= 0.3 is 0 Å². The number of nitrogens with two attached hydrogens (primary N) is 1. The molecule has 2 rings (SSSR count). The molecule has 0 aromatic carbocycles. The van der Waals surface area contributed by atoms with Gasteiger partial charge in [0.2, 0.25) is 0 Å². The van der Waals surface area contributed by atoms with Crippen molar-refractivity contribution >= 4 is 17.4 Å². The van der Waals surface area contributed by atoms with Crippen molar-refractivity contribution in [2.75, 3.05) is 5.73 Å². The Kier molecular flexibility index (Phi) is 2.23. The molecule has 0 unspecified atom stereocenters. The van der Waals surface area contributed by atoms with Crippen LogP contribution in [-0.4, -0.2) is 19.7 Å². The summed E-state index contributed by atoms with van der Waals surface area (Å²) in [5.74, 6) is 0.454. The smallest absolute Gasteiger partial charge is 0.251 e. The highest BCUT2D eigenvalue weighted by Crippen LogP contribution is 2.16. The zero-order valence-electron chi connectivity index (χ0n) is 7.42. The van der Waals surface area contributed by atoms with E-state index in [2.05, 4.69) is 15.1 Å². The zero-order valence-corrected chi connectivity index (χ0v) is 8.18. The molecule has 0 aliphatic heterocycles. The first kappa shape index (κ1) is 9.43. The van der Waals surface area contributed by atoms with Crippen LogP contribution < -0.4 is 5.73 Å². The second kappa shape index (κ2) is 3.55. The fraction of sp³-hybridized carbons (Fsp3) is 0. The molecule has 0 aliphatic rings. The third kappa shape index (κ3) is 1.73. The van der Waals surface area contributed by atoms with E-state index in [1.54, 1.807) is 0 Å². The fourth-order valence-electron chi connectivity index (χ4n) is 0.990. The largest absolute Gasteiger partial charge is 0.381 e. The molecular weight excluding hydrogens is 216 g/mol. The molecular formula is C8H5ClN6. The van der Waals surface area contributed by atoms with Crippen LogP contribution in [0.4, 0.5) is 5.82 Å². The number of nitrogens with zero attached hydrogens (tertiary/aromatic N) is 5. The van der Waals surface area contributed by atoms with Gasteiger partial charge in [-0.1, -0.05) is 11.6 Å². The van der Waals surface area contributed by atoms with Crippen LogP contribution in [0, 0.1) is 11.3 Å². The lowest BCUT2D eigenvalue weighted by molar-refractivity contribution is 0.809. The van der Waals surface area contributed by atoms with Gasteiger partial charge in [-0.3, -0.25) is 0 Å². The van der Waals surface area contributed by atoms with Gasteiger partial charge in [0.05, 0.1) is 6.20 Å². The van der Waals surface area contributed by atoms with Crippen LogP contribution in [0.15, 0.2) is 18.5 Å². The monoisotopic (exact) mass is 220 g/mol. The molecule has 2 heterocycles. The SMILES string of the molecule is N#Cc1ccnc(-n2cc(Cl)c(N)n2)n1. The summed E-state index contributed by atoms with van der Waals surface area (Å²) in [5, 5.41) is 12.9. The normalized spacial score (nSPS) is 9.87. The Labute approximate surface area is 89.9 Å². The number of halogens is 1. The molecule has 0 spiro atoms. The summed E-state index contributed by atoms with van der Waals surface area (Å²) < 4.78 is 1.32. The lowest BCUT2D eigenvalue weighted by Gasteiger charge is -1.97. The number of aromatic nitrogens is 4. The van der Waals surface area contributed by atoms with E-state index in [1.807, 2.05) is 6.07 Å². The predicted molar refractivity (Wildman–Crippen MR) is 53.3 cm³/mol. The van der Waals surface area contributed by atoms with Crippen molar-refractivity contribution in [3.8, 4) is 12.0 Å². The van der Waals surface area contributed by atoms with E-state index < -0.39 is 0 Å². The number of hydrogen-bond donors (Lipinski definition) is 1. The molecule has 0 amide bonds. The van der Waals surface area contributed by atoms with Gasteiger partial charge in [-0.2, -0.15) is 5.26 Å². The van der Waals surface area contributed by atoms with Gasteiger partial charge in [0.1, 0.15) is 16.8 Å². The molecule has 0 aliphatic carbocycles. The van der Waals surface area contributed by atoms with E-state index >= 15 is 0 Å². The molecule has 74 valence electrons. The van der Waals surface area contributed by atoms with Crippen LogP contribution in [0.5, 0.6) is 0 Å². The first-order valence-corrected chi connectivity index (χ1v) is 4.32. The van der Waals surface area contributed by atoms with Crippen LogP contribution in [0.3, 0.4) is 0 Å². The molecule has 0 saturated carbocycles. The van der Waals surface area contributed by atoms with Crippen LogP contribution >= 0.6 is 11.6 Å². The summed E-state index contributed by atoms with van der Waals surface area (Å²) in [6, 6.07) is 3.40. The van der Waals surface area contributed by atoms with Gasteiger partial charge in [0, 0.05) is 6.20 Å². The predicted octanol–water partition coefficient (Wildman–Crippen LogP) is 0.770. The number of nitriles is 1. The molecule has 0 bridgehead atoms. The molecule has 15 heavy (non-hydrogen) atoms. The van der Waals surface area contributed by atoms with Gasteiger partial charge < -0.3 is 5.73 Å². The van der Waals surface area contributed by atoms with Crippen molar-refractivity contribution in [2.45, 2.75) is 0 Å². The Hall–Kier alpha value is -2.13. The third-order valence-electron chi connectivity index (χ3n) is 1.66. The zero-order chi connectivity index (χ0) is 10.8. The molecule has 0 radical (unpaired) electrons. The molecule has 2 aromatic heterocycles. The lowest BCUT2D eigenvalue weighted by atomic mass is 10.4. The summed E-state index contributed by atoms with van der Waals surface area (Å²) in [7, 11) is 0. The average Bonchev–Trinajstić information content (AvgIpc) is 2.59. The summed E-state index contributed by atoms with van der Waals surface area (Å²) >= 11 is 5.72. The van der Waals surface area contributed by atoms with E-state index in [0.717, 1.165) is 0 Å². The maximum atomic E-state index is 8.65. The van der Waals surface area contributed by atoms with Crippen molar-refractivity contribution in [3.63, 3.8) is 0 Å². The van der Waals surface area contributed by atoms with Crippen LogP contribution in [0.1, 0.15) is 5.69 Å². The van der Waals surface area contributed by atoms with Gasteiger partial charge in [-0.25, -0.2) is 14.6 Å². The van der Waals surface area contributed by atoms with Gasteiger partial charge in [-0.05, 0) is 6.07 Å². The Morgan fingerprint density at radius 3 is 2.93 bits per heavy atom. The van der Waals surface area contributed by atoms with Crippen molar-refractivity contribution in [1.29, 1.82) is 5.26 Å². The highest BCUT2D eigenvalue weighted by Gasteiger charge is 2.07. The lowest BCUT2D eigenvalue weighted by Crippen LogP contribution is -2.03. The standard InChI is InChI=1S/C8H5ClN6/c9-6-4-15(14-7(6)11)8-12-2-1-5(3-10)13-8/h1-2,4H,(H2,11,14). The van der Waals surface area contributed by atoms with Crippen LogP contribution in [0.25, 0.3) is 5.95 Å². The van der Waals surface area contributed by atoms with Crippen molar-refractivity contribution < 1.29 is 0 Å². The molecule has 2 N–H and O–H groups in total. The van der Waals surface area contributed by atoms with Crippen LogP contribution in [0.2, 0.25) is 5.02 Å². The molecule has 6 nitrogen and oxygen atoms in total. The highest BCUT2D eigenvalue weighted by molar-refractivity contribution is 6.32. The second-order valence-corrected chi connectivity index (χ2v) is 3.07. The average molecular weight is 221 g/mol. The van der Waals surface area contributed by atoms with E-state index in [9.17, 15) is 0 Å². The molecule has 0 atom stereocenters. The first-order valence-electron chi connectivity index (χ1n) is 3.95. The van der Waals surface area contributed by atoms with Gasteiger partial charge in [0.15, 0.2) is 5.82 Å². The van der Waals surface area contributed by atoms with Crippen LogP contribution in [-0.2, 0) is 0 Å². The highest BCUT2D eigenvalue weighted by atomic mass is 35.5. The van der Waals surface area contributed by atoms with E-state index in [1.165, 1.54) is 23.1 Å². The Balaban J connectivity index is 2.50. The van der Waals surface area contributed by atoms with Crippen molar-refractivity contribution in [2.24, 2.45) is 0 Å². The Morgan fingerprint density at radius 1 is 1.53 bits per heavy atom. The van der Waals surface area contributed by atoms with Gasteiger partial charge in [-0.15, -0.1) is 5.10 Å². The van der Waals surface area contributed by atoms with Gasteiger partial charge in [0.25, 0.3) is 5.95 Å². The molecule has 2 aromatic rings. The summed E-state index contributed by atoms with van der Waals surface area (Å²) in [6.45, 7) is 0. The third-order valence-corrected chi connectivity index (χ3v) is 1.95. The number of anilines is 1. The number of rotatable bonds is 1. The Morgan fingerprint density at radius 2 is 2.33 bits per heavy atom. The number of hydrogen-bond acceptors (Lipinski definition) is 5. The summed E-state index contributed by atoms with van der Waals surface area (Å²) in [5.41, 5.74) is 5.72. The minimum atomic E-state index is 0.197. The number of nitrogen functional groups attached to an aromatic ring is 1. The van der Waals surface area contributed by atoms with Crippen molar-refractivity contribution in [3.05, 3.63) is 29.2 Å². The van der Waals surface area contributed by atoms with Crippen molar-refractivity contribution in [1.82, 2.24) is 19.7 Å². The topological polar surface area (TPSA) is 93.4 Å². The molecule has 0 fully saturated rings. The molecule has 7 heteroatoms. The van der Waals surface area contributed by atoms with E-state index in [-0.39, 0.29) is 17.5 Å². The Bertz CT molecular complexity index is 521. The van der Waals surface area contributed by atoms with E-state index in [4.69, 9.17) is 22.6 Å². The maximum Gasteiger partial charge on any atom is 0.251 e. The minimum absolute atomic E-state index is 0.197. The first-order chi connectivity index (χ1) is 7.20. The molecule has 0 saturated heterocycles. The summed E-state index contributed by atoms with van der Waals surface area (Å²) in [6.07, 6.45) is 2.94. The quantitative estimate of drug-likeness (QED) is 0.766. The summed E-state index contributed by atoms with van der Waals surface area (Å²) in [4.78, 5) is 7.87.